The summed E-state index contributed by atoms with van der Waals surface area (Å²) in [6.07, 6.45) is 1.76. The Hall–Kier alpha value is -1.94. The van der Waals surface area contributed by atoms with Crippen molar-refractivity contribution in [1.82, 2.24) is 9.88 Å². The van der Waals surface area contributed by atoms with E-state index in [4.69, 9.17) is 5.73 Å². The highest BCUT2D eigenvalue weighted by molar-refractivity contribution is 6.06. The van der Waals surface area contributed by atoms with Gasteiger partial charge in [0.2, 0.25) is 0 Å². The van der Waals surface area contributed by atoms with Crippen molar-refractivity contribution in [3.05, 3.63) is 41.6 Å². The minimum absolute atomic E-state index is 0.104. The second kappa shape index (κ2) is 6.05. The Labute approximate surface area is 131 Å². The zero-order valence-corrected chi connectivity index (χ0v) is 13.2. The Morgan fingerprint density at radius 3 is 2.64 bits per heavy atom. The Balaban J connectivity index is 2.03. The third kappa shape index (κ3) is 2.83. The highest BCUT2D eigenvalue weighted by atomic mass is 16.2. The summed E-state index contributed by atoms with van der Waals surface area (Å²) >= 11 is 0. The first-order chi connectivity index (χ1) is 10.6. The molecule has 0 atom stereocenters. The molecule has 1 amide bonds. The van der Waals surface area contributed by atoms with Crippen LogP contribution >= 0.6 is 0 Å². The third-order valence-corrected chi connectivity index (χ3v) is 4.38. The van der Waals surface area contributed by atoms with Crippen LogP contribution in [0.15, 0.2) is 30.3 Å². The molecule has 0 unspecified atom stereocenters. The minimum Gasteiger partial charge on any atom is -0.339 e. The molecule has 1 saturated heterocycles. The number of amides is 1. The van der Waals surface area contributed by atoms with Crippen LogP contribution in [-0.2, 0) is 0 Å². The second-order valence-corrected chi connectivity index (χ2v) is 6.40. The largest absolute Gasteiger partial charge is 0.339 e. The lowest BCUT2D eigenvalue weighted by molar-refractivity contribution is 0.0716. The molecule has 2 N–H and O–H groups in total. The fourth-order valence-electron chi connectivity index (χ4n) is 2.94. The van der Waals surface area contributed by atoms with Gasteiger partial charge < -0.3 is 10.6 Å². The van der Waals surface area contributed by atoms with Gasteiger partial charge in [0.05, 0.1) is 11.1 Å². The van der Waals surface area contributed by atoms with Gasteiger partial charge >= 0.3 is 0 Å². The number of aromatic nitrogens is 1. The molecule has 0 aliphatic carbocycles. The molecule has 1 fully saturated rings. The summed E-state index contributed by atoms with van der Waals surface area (Å²) in [6, 6.07) is 10.1. The van der Waals surface area contributed by atoms with Gasteiger partial charge in [-0.15, -0.1) is 0 Å². The first-order valence-corrected chi connectivity index (χ1v) is 8.01. The van der Waals surface area contributed by atoms with Crippen LogP contribution in [-0.4, -0.2) is 34.9 Å². The van der Waals surface area contributed by atoms with Crippen LogP contribution in [0.1, 0.15) is 48.7 Å². The van der Waals surface area contributed by atoms with Crippen molar-refractivity contribution >= 4 is 16.8 Å². The summed E-state index contributed by atoms with van der Waals surface area (Å²) in [5.74, 6) is 0.401. The van der Waals surface area contributed by atoms with Gasteiger partial charge in [-0.2, -0.15) is 0 Å². The van der Waals surface area contributed by atoms with Crippen molar-refractivity contribution in [3.63, 3.8) is 0 Å². The first kappa shape index (κ1) is 15.0. The second-order valence-electron chi connectivity index (χ2n) is 6.40. The fourth-order valence-corrected chi connectivity index (χ4v) is 2.94. The number of nitrogens with two attached hydrogens (primary N) is 1. The molecule has 0 saturated carbocycles. The molecule has 1 aromatic carbocycles. The molecule has 0 bridgehead atoms. The van der Waals surface area contributed by atoms with E-state index in [0.29, 0.717) is 5.92 Å². The molecule has 1 aliphatic heterocycles. The maximum atomic E-state index is 13.0. The van der Waals surface area contributed by atoms with E-state index in [0.717, 1.165) is 48.1 Å². The molecule has 116 valence electrons. The summed E-state index contributed by atoms with van der Waals surface area (Å²) < 4.78 is 0. The predicted octanol–water partition coefficient (Wildman–Crippen LogP) is 2.92. The predicted molar refractivity (Wildman–Crippen MR) is 88.9 cm³/mol. The number of para-hydroxylation sites is 1. The molecule has 4 nitrogen and oxygen atoms in total. The van der Waals surface area contributed by atoms with Gasteiger partial charge in [-0.05, 0) is 30.9 Å². The highest BCUT2D eigenvalue weighted by Gasteiger charge is 2.24. The average Bonchev–Trinajstić information content (AvgIpc) is 2.53. The van der Waals surface area contributed by atoms with Crippen LogP contribution < -0.4 is 5.73 Å². The summed E-state index contributed by atoms with van der Waals surface area (Å²) in [5.41, 5.74) is 8.57. The van der Waals surface area contributed by atoms with E-state index in [9.17, 15) is 4.79 Å². The molecular formula is C18H23N3O. The highest BCUT2D eigenvalue weighted by Crippen LogP contribution is 2.24. The van der Waals surface area contributed by atoms with E-state index in [1.54, 1.807) is 0 Å². The number of nitrogens with zero attached hydrogens (tertiary/aromatic N) is 2. The van der Waals surface area contributed by atoms with Gasteiger partial charge in [-0.25, -0.2) is 0 Å². The number of fused-ring (bicyclic) bond motifs is 1. The monoisotopic (exact) mass is 297 g/mol. The van der Waals surface area contributed by atoms with Crippen molar-refractivity contribution in [1.29, 1.82) is 0 Å². The zero-order chi connectivity index (χ0) is 15.7. The van der Waals surface area contributed by atoms with E-state index < -0.39 is 0 Å². The van der Waals surface area contributed by atoms with Gasteiger partial charge in [0, 0.05) is 30.2 Å². The molecule has 0 spiro atoms. The van der Waals surface area contributed by atoms with Gasteiger partial charge in [0.15, 0.2) is 0 Å². The van der Waals surface area contributed by atoms with Crippen molar-refractivity contribution in [3.8, 4) is 0 Å². The summed E-state index contributed by atoms with van der Waals surface area (Å²) in [7, 11) is 0. The maximum Gasteiger partial charge on any atom is 0.254 e. The van der Waals surface area contributed by atoms with Crippen LogP contribution in [0.5, 0.6) is 0 Å². The lowest BCUT2D eigenvalue weighted by atomic mass is 10.00. The Morgan fingerprint density at radius 2 is 1.95 bits per heavy atom. The van der Waals surface area contributed by atoms with Crippen LogP contribution in [0.2, 0.25) is 0 Å². The standard InChI is InChI=1S/C18H23N3O/c1-12(2)17-11-15(14-5-3-4-6-16(14)20-17)18(22)21-9-7-13(19)8-10-21/h3-6,11-13H,7-10,19H2,1-2H3. The number of pyridine rings is 1. The van der Waals surface area contributed by atoms with E-state index in [1.165, 1.54) is 0 Å². The van der Waals surface area contributed by atoms with E-state index >= 15 is 0 Å². The fraction of sp³-hybridized carbons (Fsp3) is 0.444. The van der Waals surface area contributed by atoms with Crippen molar-refractivity contribution in [2.45, 2.75) is 38.6 Å². The van der Waals surface area contributed by atoms with Crippen LogP contribution in [0.4, 0.5) is 0 Å². The number of carbonyl (C=O) groups is 1. The summed E-state index contributed by atoms with van der Waals surface area (Å²) in [4.78, 5) is 19.6. The lowest BCUT2D eigenvalue weighted by Gasteiger charge is -2.30. The van der Waals surface area contributed by atoms with Crippen molar-refractivity contribution in [2.24, 2.45) is 5.73 Å². The number of rotatable bonds is 2. The molecule has 2 aromatic rings. The number of carbonyl (C=O) groups excluding carboxylic acids is 1. The molecular weight excluding hydrogens is 274 g/mol. The zero-order valence-electron chi connectivity index (χ0n) is 13.2. The summed E-state index contributed by atoms with van der Waals surface area (Å²) in [5, 5.41) is 0.937. The molecule has 1 aliphatic rings. The van der Waals surface area contributed by atoms with E-state index in [2.05, 4.69) is 18.8 Å². The van der Waals surface area contributed by atoms with Crippen LogP contribution in [0, 0.1) is 0 Å². The van der Waals surface area contributed by atoms with Gasteiger partial charge in [0.1, 0.15) is 0 Å². The molecule has 4 heteroatoms. The number of hydrogen-bond donors (Lipinski definition) is 1. The molecule has 2 heterocycles. The number of likely N-dealkylation sites (tertiary alicyclic amines) is 1. The normalized spacial score (nSPS) is 16.5. The van der Waals surface area contributed by atoms with Gasteiger partial charge in [-0.3, -0.25) is 9.78 Å². The quantitative estimate of drug-likeness (QED) is 0.927. The summed E-state index contributed by atoms with van der Waals surface area (Å²) in [6.45, 7) is 5.69. The van der Waals surface area contributed by atoms with E-state index in [-0.39, 0.29) is 11.9 Å². The molecule has 0 radical (unpaired) electrons. The number of piperidine rings is 1. The van der Waals surface area contributed by atoms with Crippen LogP contribution in [0.3, 0.4) is 0 Å². The first-order valence-electron chi connectivity index (χ1n) is 8.01. The van der Waals surface area contributed by atoms with Crippen LogP contribution in [0.25, 0.3) is 10.9 Å². The molecule has 3 rings (SSSR count). The molecule has 22 heavy (non-hydrogen) atoms. The average molecular weight is 297 g/mol. The Morgan fingerprint density at radius 1 is 1.27 bits per heavy atom. The third-order valence-electron chi connectivity index (χ3n) is 4.38. The van der Waals surface area contributed by atoms with Crippen molar-refractivity contribution in [2.75, 3.05) is 13.1 Å². The van der Waals surface area contributed by atoms with Gasteiger partial charge in [-0.1, -0.05) is 32.0 Å². The molecule has 1 aromatic heterocycles. The number of hydrogen-bond acceptors (Lipinski definition) is 3. The van der Waals surface area contributed by atoms with Gasteiger partial charge in [0.25, 0.3) is 5.91 Å². The maximum absolute atomic E-state index is 13.0. The lowest BCUT2D eigenvalue weighted by Crippen LogP contribution is -2.42. The Kier molecular flexibility index (Phi) is 4.12. The number of benzene rings is 1. The van der Waals surface area contributed by atoms with E-state index in [1.807, 2.05) is 35.2 Å². The minimum atomic E-state index is 0.104. The SMILES string of the molecule is CC(C)c1cc(C(=O)N2CCC(N)CC2)c2ccccc2n1. The Bertz CT molecular complexity index is 688. The topological polar surface area (TPSA) is 59.2 Å². The van der Waals surface area contributed by atoms with Crippen molar-refractivity contribution < 1.29 is 4.79 Å². The smallest absolute Gasteiger partial charge is 0.254 e.